The Labute approximate surface area is 102 Å². The zero-order valence-electron chi connectivity index (χ0n) is 9.84. The number of carboxylic acid groups (broad SMARTS) is 1. The van der Waals surface area contributed by atoms with Gasteiger partial charge in [0.25, 0.3) is 0 Å². The number of aliphatic carboxylic acids is 1. The summed E-state index contributed by atoms with van der Waals surface area (Å²) in [5.41, 5.74) is -0.827. The highest BCUT2D eigenvalue weighted by molar-refractivity contribution is 5.70. The topological polar surface area (TPSA) is 37.3 Å². The van der Waals surface area contributed by atoms with Gasteiger partial charge in [-0.15, -0.1) is 0 Å². The lowest BCUT2D eigenvalue weighted by Gasteiger charge is -2.16. The molecule has 1 atom stereocenters. The number of benzene rings is 1. The van der Waals surface area contributed by atoms with Crippen LogP contribution in [0.4, 0.5) is 13.2 Å². The predicted octanol–water partition coefficient (Wildman–Crippen LogP) is 3.50. The SMILES string of the molecule is CC(F)c1cc(F)c(F)c(C2(CC(=O)O)CC2)c1. The molecule has 1 N–H and O–H groups in total. The third-order valence-corrected chi connectivity index (χ3v) is 3.42. The van der Waals surface area contributed by atoms with Crippen LogP contribution in [0.25, 0.3) is 0 Å². The summed E-state index contributed by atoms with van der Waals surface area (Å²) in [6.45, 7) is 1.23. The molecule has 18 heavy (non-hydrogen) atoms. The highest BCUT2D eigenvalue weighted by Gasteiger charge is 2.48. The molecule has 0 aromatic heterocycles. The quantitative estimate of drug-likeness (QED) is 0.897. The summed E-state index contributed by atoms with van der Waals surface area (Å²) < 4.78 is 40.3. The Morgan fingerprint density at radius 3 is 2.50 bits per heavy atom. The van der Waals surface area contributed by atoms with Crippen LogP contribution in [0.15, 0.2) is 12.1 Å². The van der Waals surface area contributed by atoms with Crippen LogP contribution in [-0.2, 0) is 10.2 Å². The summed E-state index contributed by atoms with van der Waals surface area (Å²) in [5.74, 6) is -3.24. The molecule has 1 aromatic rings. The monoisotopic (exact) mass is 258 g/mol. The Balaban J connectivity index is 2.47. The van der Waals surface area contributed by atoms with Crippen molar-refractivity contribution < 1.29 is 23.1 Å². The van der Waals surface area contributed by atoms with Gasteiger partial charge in [0.15, 0.2) is 11.6 Å². The van der Waals surface area contributed by atoms with E-state index in [1.165, 1.54) is 13.0 Å². The number of hydrogen-bond acceptors (Lipinski definition) is 1. The molecule has 0 amide bonds. The molecule has 1 unspecified atom stereocenters. The van der Waals surface area contributed by atoms with Gasteiger partial charge in [0, 0.05) is 5.41 Å². The van der Waals surface area contributed by atoms with Crippen LogP contribution in [0, 0.1) is 11.6 Å². The van der Waals surface area contributed by atoms with Crippen molar-refractivity contribution in [1.29, 1.82) is 0 Å². The largest absolute Gasteiger partial charge is 0.481 e. The second-order valence-electron chi connectivity index (χ2n) is 4.83. The maximum absolute atomic E-state index is 13.7. The van der Waals surface area contributed by atoms with Gasteiger partial charge < -0.3 is 5.11 Å². The molecule has 2 rings (SSSR count). The van der Waals surface area contributed by atoms with Crippen molar-refractivity contribution in [3.63, 3.8) is 0 Å². The summed E-state index contributed by atoms with van der Waals surface area (Å²) >= 11 is 0. The van der Waals surface area contributed by atoms with Gasteiger partial charge >= 0.3 is 5.97 Å². The molecular formula is C13H13F3O2. The fourth-order valence-electron chi connectivity index (χ4n) is 2.21. The molecule has 1 aromatic carbocycles. The Kier molecular flexibility index (Phi) is 3.09. The van der Waals surface area contributed by atoms with E-state index in [-0.39, 0.29) is 17.5 Å². The van der Waals surface area contributed by atoms with Crippen molar-refractivity contribution in [3.8, 4) is 0 Å². The number of alkyl halides is 1. The van der Waals surface area contributed by atoms with Gasteiger partial charge in [-0.3, -0.25) is 4.79 Å². The molecule has 0 heterocycles. The Bertz CT molecular complexity index is 493. The number of carbonyl (C=O) groups is 1. The molecule has 1 saturated carbocycles. The van der Waals surface area contributed by atoms with Crippen molar-refractivity contribution in [2.45, 2.75) is 37.8 Å². The number of halogens is 3. The van der Waals surface area contributed by atoms with Crippen LogP contribution < -0.4 is 0 Å². The molecule has 1 aliphatic rings. The van der Waals surface area contributed by atoms with Crippen LogP contribution >= 0.6 is 0 Å². The summed E-state index contributed by atoms with van der Waals surface area (Å²) in [5, 5.41) is 8.80. The summed E-state index contributed by atoms with van der Waals surface area (Å²) in [6, 6.07) is 2.07. The van der Waals surface area contributed by atoms with Gasteiger partial charge in [-0.25, -0.2) is 13.2 Å². The van der Waals surface area contributed by atoms with Crippen molar-refractivity contribution in [3.05, 3.63) is 34.9 Å². The highest BCUT2D eigenvalue weighted by Crippen LogP contribution is 2.52. The maximum Gasteiger partial charge on any atom is 0.304 e. The Morgan fingerprint density at radius 2 is 2.06 bits per heavy atom. The standard InChI is InChI=1S/C13H13F3O2/c1-7(14)8-4-9(12(16)10(15)5-8)13(2-3-13)6-11(17)18/h4-5,7H,2-3,6H2,1H3,(H,17,18). The van der Waals surface area contributed by atoms with Crippen LogP contribution in [0.1, 0.15) is 43.5 Å². The Hall–Kier alpha value is -1.52. The predicted molar refractivity (Wildman–Crippen MR) is 59.0 cm³/mol. The van der Waals surface area contributed by atoms with Gasteiger partial charge in [-0.05, 0) is 43.0 Å². The van der Waals surface area contributed by atoms with Gasteiger partial charge in [0.1, 0.15) is 6.17 Å². The molecule has 1 fully saturated rings. The van der Waals surface area contributed by atoms with Crippen LogP contribution in [-0.4, -0.2) is 11.1 Å². The minimum atomic E-state index is -1.42. The minimum absolute atomic E-state index is 0.00981. The van der Waals surface area contributed by atoms with E-state index in [9.17, 15) is 18.0 Å². The van der Waals surface area contributed by atoms with Crippen LogP contribution in [0.2, 0.25) is 0 Å². The van der Waals surface area contributed by atoms with E-state index in [2.05, 4.69) is 0 Å². The smallest absolute Gasteiger partial charge is 0.304 e. The molecular weight excluding hydrogens is 245 g/mol. The van der Waals surface area contributed by atoms with Gasteiger partial charge in [0.05, 0.1) is 6.42 Å². The second kappa shape index (κ2) is 4.30. The van der Waals surface area contributed by atoms with E-state index >= 15 is 0 Å². The van der Waals surface area contributed by atoms with Gasteiger partial charge in [0.2, 0.25) is 0 Å². The van der Waals surface area contributed by atoms with Crippen molar-refractivity contribution in [1.82, 2.24) is 0 Å². The first-order chi connectivity index (χ1) is 8.35. The zero-order valence-corrected chi connectivity index (χ0v) is 9.84. The van der Waals surface area contributed by atoms with Crippen molar-refractivity contribution in [2.24, 2.45) is 0 Å². The first-order valence-electron chi connectivity index (χ1n) is 5.71. The fraction of sp³-hybridized carbons (Fsp3) is 0.462. The molecule has 1 aliphatic carbocycles. The summed E-state index contributed by atoms with van der Waals surface area (Å²) in [7, 11) is 0. The highest BCUT2D eigenvalue weighted by atomic mass is 19.2. The average molecular weight is 258 g/mol. The average Bonchev–Trinajstić information content (AvgIpc) is 3.01. The van der Waals surface area contributed by atoms with Crippen molar-refractivity contribution >= 4 is 5.97 Å². The molecule has 98 valence electrons. The lowest BCUT2D eigenvalue weighted by molar-refractivity contribution is -0.137. The number of rotatable bonds is 4. The van der Waals surface area contributed by atoms with Crippen LogP contribution in [0.3, 0.4) is 0 Å². The third kappa shape index (κ3) is 2.21. The van der Waals surface area contributed by atoms with E-state index in [0.29, 0.717) is 12.8 Å². The summed E-state index contributed by atoms with van der Waals surface area (Å²) in [6.07, 6.45) is -0.702. The maximum atomic E-state index is 13.7. The molecule has 0 bridgehead atoms. The fourth-order valence-corrected chi connectivity index (χ4v) is 2.21. The van der Waals surface area contributed by atoms with E-state index in [1.807, 2.05) is 0 Å². The number of hydrogen-bond donors (Lipinski definition) is 1. The Morgan fingerprint density at radius 1 is 1.44 bits per heavy atom. The molecule has 0 saturated heterocycles. The van der Waals surface area contributed by atoms with Gasteiger partial charge in [-0.1, -0.05) is 0 Å². The molecule has 5 heteroatoms. The third-order valence-electron chi connectivity index (χ3n) is 3.42. The summed E-state index contributed by atoms with van der Waals surface area (Å²) in [4.78, 5) is 10.8. The van der Waals surface area contributed by atoms with E-state index in [4.69, 9.17) is 5.11 Å². The first-order valence-corrected chi connectivity index (χ1v) is 5.71. The molecule has 0 spiro atoms. The van der Waals surface area contributed by atoms with Crippen molar-refractivity contribution in [2.75, 3.05) is 0 Å². The normalized spacial score (nSPS) is 18.4. The molecule has 0 aliphatic heterocycles. The molecule has 0 radical (unpaired) electrons. The van der Waals surface area contributed by atoms with E-state index < -0.39 is 29.2 Å². The lowest BCUT2D eigenvalue weighted by atomic mass is 9.90. The van der Waals surface area contributed by atoms with Crippen LogP contribution in [0.5, 0.6) is 0 Å². The lowest BCUT2D eigenvalue weighted by Crippen LogP contribution is -2.16. The molecule has 2 nitrogen and oxygen atoms in total. The minimum Gasteiger partial charge on any atom is -0.481 e. The zero-order chi connectivity index (χ0) is 13.5. The second-order valence-corrected chi connectivity index (χ2v) is 4.83. The van der Waals surface area contributed by atoms with Gasteiger partial charge in [-0.2, -0.15) is 0 Å². The first kappa shape index (κ1) is 12.9. The number of carboxylic acids is 1. The van der Waals surface area contributed by atoms with E-state index in [1.54, 1.807) is 0 Å². The van der Waals surface area contributed by atoms with E-state index in [0.717, 1.165) is 6.07 Å².